The number of hydrogen-bond donors (Lipinski definition) is 0. The second-order valence-electron chi connectivity index (χ2n) is 7.42. The third-order valence-corrected chi connectivity index (χ3v) is 5.54. The number of fused-ring (bicyclic) bond motifs is 1. The lowest BCUT2D eigenvalue weighted by atomic mass is 9.98. The monoisotopic (exact) mass is 432 g/mol. The molecule has 0 amide bonds. The van der Waals surface area contributed by atoms with E-state index in [0.717, 1.165) is 39.4 Å². The van der Waals surface area contributed by atoms with E-state index in [1.165, 1.54) is 0 Å². The molecule has 6 heteroatoms. The van der Waals surface area contributed by atoms with Gasteiger partial charge in [-0.15, -0.1) is 5.10 Å². The summed E-state index contributed by atoms with van der Waals surface area (Å²) in [6.07, 6.45) is 0. The molecule has 0 unspecified atom stereocenters. The molecule has 0 aliphatic carbocycles. The van der Waals surface area contributed by atoms with E-state index in [0.29, 0.717) is 17.0 Å². The van der Waals surface area contributed by atoms with Crippen LogP contribution in [0.3, 0.4) is 0 Å². The Balaban J connectivity index is 1.79. The summed E-state index contributed by atoms with van der Waals surface area (Å²) in [4.78, 5) is 4.78. The quantitative estimate of drug-likeness (QED) is 0.360. The number of nitrogens with zero attached hydrogens (tertiary/aromatic N) is 4. The maximum atomic E-state index is 10.1. The summed E-state index contributed by atoms with van der Waals surface area (Å²) in [6.45, 7) is 0. The summed E-state index contributed by atoms with van der Waals surface area (Å²) in [5.41, 5.74) is 5.35. The molecule has 0 radical (unpaired) electrons. The molecule has 0 spiro atoms. The van der Waals surface area contributed by atoms with E-state index in [-0.39, 0.29) is 0 Å². The van der Waals surface area contributed by atoms with Crippen molar-refractivity contribution in [2.24, 2.45) is 0 Å². The molecule has 0 atom stereocenters. The fraction of sp³-hybridized carbons (Fsp3) is 0.0741. The Kier molecular flexibility index (Phi) is 5.21. The van der Waals surface area contributed by atoms with Crippen LogP contribution in [-0.2, 0) is 0 Å². The van der Waals surface area contributed by atoms with Crippen LogP contribution < -0.4 is 9.47 Å². The van der Waals surface area contributed by atoms with Gasteiger partial charge in [0.1, 0.15) is 23.1 Å². The molecule has 5 rings (SSSR count). The van der Waals surface area contributed by atoms with Crippen LogP contribution in [0.1, 0.15) is 5.56 Å². The van der Waals surface area contributed by atoms with Gasteiger partial charge in [-0.3, -0.25) is 0 Å². The van der Waals surface area contributed by atoms with Crippen molar-refractivity contribution < 1.29 is 9.47 Å². The van der Waals surface area contributed by atoms with Crippen LogP contribution in [0.2, 0.25) is 0 Å². The molecule has 0 aliphatic rings. The minimum atomic E-state index is 0.478. The van der Waals surface area contributed by atoms with Crippen LogP contribution in [0, 0.1) is 11.3 Å². The number of benzene rings is 3. The fourth-order valence-electron chi connectivity index (χ4n) is 3.82. The normalized spacial score (nSPS) is 10.7. The zero-order valence-electron chi connectivity index (χ0n) is 18.2. The average molecular weight is 432 g/mol. The molecule has 0 aliphatic heterocycles. The Bertz CT molecular complexity index is 1470. The van der Waals surface area contributed by atoms with Gasteiger partial charge in [-0.2, -0.15) is 5.26 Å². The van der Waals surface area contributed by atoms with Gasteiger partial charge in [-0.25, -0.2) is 9.50 Å². The van der Waals surface area contributed by atoms with Crippen molar-refractivity contribution >= 4 is 5.65 Å². The Morgan fingerprint density at radius 1 is 0.758 bits per heavy atom. The van der Waals surface area contributed by atoms with Crippen molar-refractivity contribution in [3.8, 4) is 51.3 Å². The summed E-state index contributed by atoms with van der Waals surface area (Å²) >= 11 is 0. The zero-order valence-corrected chi connectivity index (χ0v) is 18.2. The van der Waals surface area contributed by atoms with E-state index in [4.69, 9.17) is 19.6 Å². The highest BCUT2D eigenvalue weighted by atomic mass is 16.5. The summed E-state index contributed by atoms with van der Waals surface area (Å²) in [7, 11) is 3.27. The molecule has 5 aromatic rings. The van der Waals surface area contributed by atoms with Crippen LogP contribution in [0.25, 0.3) is 39.4 Å². The molecule has 33 heavy (non-hydrogen) atoms. The van der Waals surface area contributed by atoms with E-state index in [1.807, 2.05) is 84.9 Å². The molecule has 3 aromatic carbocycles. The molecule has 0 N–H and O–H groups in total. The third kappa shape index (κ3) is 3.66. The van der Waals surface area contributed by atoms with Crippen molar-refractivity contribution in [2.45, 2.75) is 0 Å². The van der Waals surface area contributed by atoms with Crippen LogP contribution >= 0.6 is 0 Å². The van der Waals surface area contributed by atoms with Gasteiger partial charge in [0.2, 0.25) is 0 Å². The predicted octanol–water partition coefficient (Wildman–Crippen LogP) is 5.62. The van der Waals surface area contributed by atoms with Crippen molar-refractivity contribution in [1.82, 2.24) is 14.6 Å². The SMILES string of the molecule is COc1ccc(-c2nc3c(C#N)c(-c4ccccc4)cc(-c4ccc(OC)cc4)n3n2)cc1. The first-order valence-corrected chi connectivity index (χ1v) is 10.4. The first kappa shape index (κ1) is 20.3. The van der Waals surface area contributed by atoms with E-state index < -0.39 is 0 Å². The lowest BCUT2D eigenvalue weighted by Crippen LogP contribution is -1.99. The van der Waals surface area contributed by atoms with E-state index in [1.54, 1.807) is 18.7 Å². The number of ether oxygens (including phenoxy) is 2. The first-order valence-electron chi connectivity index (χ1n) is 10.4. The van der Waals surface area contributed by atoms with Crippen molar-refractivity contribution in [2.75, 3.05) is 14.2 Å². The Labute approximate surface area is 191 Å². The standard InChI is InChI=1S/C27H20N4O2/c1-32-21-12-8-19(9-13-21)25-16-23(18-6-4-3-5-7-18)24(17-28)27-29-26(30-31(25)27)20-10-14-22(33-2)15-11-20/h3-16H,1-2H3. The maximum absolute atomic E-state index is 10.1. The lowest BCUT2D eigenvalue weighted by molar-refractivity contribution is 0.414. The van der Waals surface area contributed by atoms with Crippen LogP contribution in [0.15, 0.2) is 84.9 Å². The number of nitriles is 1. The van der Waals surface area contributed by atoms with Gasteiger partial charge in [0.15, 0.2) is 11.5 Å². The zero-order chi connectivity index (χ0) is 22.8. The fourth-order valence-corrected chi connectivity index (χ4v) is 3.82. The molecule has 0 fully saturated rings. The topological polar surface area (TPSA) is 72.4 Å². The second kappa shape index (κ2) is 8.48. The molecule has 160 valence electrons. The molecule has 2 aromatic heterocycles. The van der Waals surface area contributed by atoms with Gasteiger partial charge in [-0.05, 0) is 60.2 Å². The number of hydrogen-bond acceptors (Lipinski definition) is 5. The van der Waals surface area contributed by atoms with Crippen LogP contribution in [0.4, 0.5) is 0 Å². The van der Waals surface area contributed by atoms with E-state index >= 15 is 0 Å². The van der Waals surface area contributed by atoms with Gasteiger partial charge >= 0.3 is 0 Å². The molecular formula is C27H20N4O2. The van der Waals surface area contributed by atoms with Crippen molar-refractivity contribution in [3.05, 3.63) is 90.5 Å². The molecular weight excluding hydrogens is 412 g/mol. The van der Waals surface area contributed by atoms with Crippen LogP contribution in [-0.4, -0.2) is 28.8 Å². The minimum Gasteiger partial charge on any atom is -0.497 e. The second-order valence-corrected chi connectivity index (χ2v) is 7.42. The Hall–Kier alpha value is -4.63. The lowest BCUT2D eigenvalue weighted by Gasteiger charge is -2.11. The van der Waals surface area contributed by atoms with Gasteiger partial charge in [0.25, 0.3) is 0 Å². The summed E-state index contributed by atoms with van der Waals surface area (Å²) in [5.74, 6) is 2.06. The van der Waals surface area contributed by atoms with E-state index in [9.17, 15) is 5.26 Å². The summed E-state index contributed by atoms with van der Waals surface area (Å²) in [5, 5.41) is 14.9. The Morgan fingerprint density at radius 2 is 1.36 bits per heavy atom. The largest absolute Gasteiger partial charge is 0.497 e. The minimum absolute atomic E-state index is 0.478. The maximum Gasteiger partial charge on any atom is 0.182 e. The highest BCUT2D eigenvalue weighted by molar-refractivity contribution is 5.83. The highest BCUT2D eigenvalue weighted by Gasteiger charge is 2.19. The molecule has 6 nitrogen and oxygen atoms in total. The molecule has 2 heterocycles. The smallest absolute Gasteiger partial charge is 0.182 e. The van der Waals surface area contributed by atoms with E-state index in [2.05, 4.69) is 6.07 Å². The first-order chi connectivity index (χ1) is 16.2. The van der Waals surface area contributed by atoms with Gasteiger partial charge in [0, 0.05) is 16.7 Å². The van der Waals surface area contributed by atoms with Gasteiger partial charge < -0.3 is 9.47 Å². The molecule has 0 saturated heterocycles. The number of methoxy groups -OCH3 is 2. The van der Waals surface area contributed by atoms with Gasteiger partial charge in [0.05, 0.1) is 19.9 Å². The van der Waals surface area contributed by atoms with Crippen molar-refractivity contribution in [1.29, 1.82) is 5.26 Å². The van der Waals surface area contributed by atoms with Gasteiger partial charge in [-0.1, -0.05) is 30.3 Å². The summed E-state index contributed by atoms with van der Waals surface area (Å²) in [6, 6.07) is 29.5. The molecule has 0 saturated carbocycles. The third-order valence-electron chi connectivity index (χ3n) is 5.54. The van der Waals surface area contributed by atoms with Crippen molar-refractivity contribution in [3.63, 3.8) is 0 Å². The average Bonchev–Trinajstić information content (AvgIpc) is 3.34. The molecule has 0 bridgehead atoms. The highest BCUT2D eigenvalue weighted by Crippen LogP contribution is 2.33. The number of pyridine rings is 1. The number of aromatic nitrogens is 3. The summed E-state index contributed by atoms with van der Waals surface area (Å²) < 4.78 is 12.3. The number of rotatable bonds is 5. The predicted molar refractivity (Wildman–Crippen MR) is 127 cm³/mol. The van der Waals surface area contributed by atoms with Crippen LogP contribution in [0.5, 0.6) is 11.5 Å². The Morgan fingerprint density at radius 3 is 1.94 bits per heavy atom.